The quantitative estimate of drug-likeness (QED) is 0.850. The Labute approximate surface area is 132 Å². The maximum Gasteiger partial charge on any atom is 0.419 e. The number of oxazole rings is 1. The molecule has 1 amide bonds. The third-order valence-electron chi connectivity index (χ3n) is 4.38. The van der Waals surface area contributed by atoms with Crippen molar-refractivity contribution in [3.8, 4) is 0 Å². The molecule has 124 valence electrons. The summed E-state index contributed by atoms with van der Waals surface area (Å²) in [5.41, 5.74) is 0.386. The lowest BCUT2D eigenvalue weighted by atomic mass is 9.79. The van der Waals surface area contributed by atoms with E-state index in [1.165, 1.54) is 4.57 Å². The second-order valence-corrected chi connectivity index (χ2v) is 5.63. The van der Waals surface area contributed by atoms with Crippen molar-refractivity contribution < 1.29 is 19.1 Å². The summed E-state index contributed by atoms with van der Waals surface area (Å²) >= 11 is 0. The van der Waals surface area contributed by atoms with Crippen molar-refractivity contribution >= 4 is 28.7 Å². The Kier molecular flexibility index (Phi) is 4.58. The number of aromatic nitrogens is 1. The number of aryl methyl sites for hydroxylation is 1. The molecule has 0 spiro atoms. The predicted molar refractivity (Wildman–Crippen MR) is 85.4 cm³/mol. The van der Waals surface area contributed by atoms with Gasteiger partial charge in [-0.2, -0.15) is 0 Å². The van der Waals surface area contributed by atoms with Gasteiger partial charge in [-0.05, 0) is 25.0 Å². The maximum atomic E-state index is 12.2. The number of amides is 1. The number of rotatable bonds is 6. The number of carboxylic acid groups (broad SMARTS) is 1. The average molecular weight is 320 g/mol. The van der Waals surface area contributed by atoms with E-state index in [-0.39, 0.29) is 12.3 Å². The summed E-state index contributed by atoms with van der Waals surface area (Å²) in [6.45, 7) is 3.52. The van der Waals surface area contributed by atoms with Crippen LogP contribution in [0.4, 0.5) is 5.69 Å². The Bertz CT molecular complexity index is 798. The number of hydrogen-bond acceptors (Lipinski definition) is 4. The standard InChI is InChI=1S/C16H20N2O5/c1-4-16(5-2,14(20)21)9-13(19)17-10-6-7-11-12(8-10)23-15(22)18(11)3/h6-8H,4-5,9H2,1-3H3,(H,17,19)(H,20,21). The molecular formula is C16H20N2O5. The second-order valence-electron chi connectivity index (χ2n) is 5.63. The van der Waals surface area contributed by atoms with Gasteiger partial charge in [0.05, 0.1) is 10.9 Å². The van der Waals surface area contributed by atoms with E-state index in [4.69, 9.17) is 4.42 Å². The van der Waals surface area contributed by atoms with E-state index >= 15 is 0 Å². The molecule has 23 heavy (non-hydrogen) atoms. The maximum absolute atomic E-state index is 12.2. The van der Waals surface area contributed by atoms with E-state index in [9.17, 15) is 19.5 Å². The molecule has 0 bridgehead atoms. The molecule has 2 aromatic rings. The number of carbonyl (C=O) groups excluding carboxylic acids is 1. The molecule has 0 fully saturated rings. The van der Waals surface area contributed by atoms with Crippen LogP contribution in [0.25, 0.3) is 11.1 Å². The number of benzene rings is 1. The molecule has 0 aliphatic rings. The van der Waals surface area contributed by atoms with Gasteiger partial charge in [-0.25, -0.2) is 4.79 Å². The van der Waals surface area contributed by atoms with Gasteiger partial charge in [0.15, 0.2) is 5.58 Å². The predicted octanol–water partition coefficient (Wildman–Crippen LogP) is 2.35. The number of carboxylic acids is 1. The lowest BCUT2D eigenvalue weighted by molar-refractivity contribution is -0.151. The summed E-state index contributed by atoms with van der Waals surface area (Å²) in [7, 11) is 1.59. The van der Waals surface area contributed by atoms with Gasteiger partial charge in [-0.15, -0.1) is 0 Å². The van der Waals surface area contributed by atoms with E-state index in [0.717, 1.165) is 0 Å². The molecule has 2 rings (SSSR count). The van der Waals surface area contributed by atoms with Gasteiger partial charge in [-0.3, -0.25) is 14.2 Å². The Morgan fingerprint density at radius 2 is 1.96 bits per heavy atom. The zero-order chi connectivity index (χ0) is 17.2. The topological polar surface area (TPSA) is 102 Å². The monoisotopic (exact) mass is 320 g/mol. The van der Waals surface area contributed by atoms with Crippen LogP contribution in [0.1, 0.15) is 33.1 Å². The van der Waals surface area contributed by atoms with Crippen LogP contribution in [0.2, 0.25) is 0 Å². The Morgan fingerprint density at radius 3 is 2.52 bits per heavy atom. The minimum absolute atomic E-state index is 0.105. The molecule has 1 aromatic carbocycles. The van der Waals surface area contributed by atoms with E-state index in [1.54, 1.807) is 39.1 Å². The smallest absolute Gasteiger partial charge is 0.419 e. The van der Waals surface area contributed by atoms with E-state index in [2.05, 4.69) is 5.32 Å². The van der Waals surface area contributed by atoms with Gasteiger partial charge in [-0.1, -0.05) is 13.8 Å². The van der Waals surface area contributed by atoms with Crippen LogP contribution in [-0.4, -0.2) is 21.6 Å². The third-order valence-corrected chi connectivity index (χ3v) is 4.38. The summed E-state index contributed by atoms with van der Waals surface area (Å²) in [4.78, 5) is 35.1. The number of aliphatic carboxylic acids is 1. The van der Waals surface area contributed by atoms with Gasteiger partial charge in [0, 0.05) is 25.2 Å². The summed E-state index contributed by atoms with van der Waals surface area (Å²) in [5, 5.41) is 12.0. The van der Waals surface area contributed by atoms with Crippen molar-refractivity contribution in [1.82, 2.24) is 4.57 Å². The number of anilines is 1. The Morgan fingerprint density at radius 1 is 1.30 bits per heavy atom. The van der Waals surface area contributed by atoms with Crippen LogP contribution >= 0.6 is 0 Å². The molecule has 0 aliphatic carbocycles. The van der Waals surface area contributed by atoms with E-state index in [1.807, 2.05) is 0 Å². The molecular weight excluding hydrogens is 300 g/mol. The molecule has 1 aromatic heterocycles. The van der Waals surface area contributed by atoms with Crippen molar-refractivity contribution in [3.05, 3.63) is 28.7 Å². The summed E-state index contributed by atoms with van der Waals surface area (Å²) < 4.78 is 6.43. The van der Waals surface area contributed by atoms with Crippen LogP contribution in [-0.2, 0) is 16.6 Å². The number of fused-ring (bicyclic) bond motifs is 1. The highest BCUT2D eigenvalue weighted by molar-refractivity contribution is 5.95. The summed E-state index contributed by atoms with van der Waals surface area (Å²) in [5.74, 6) is -1.83. The molecule has 0 atom stereocenters. The zero-order valence-corrected chi connectivity index (χ0v) is 13.4. The summed E-state index contributed by atoms with van der Waals surface area (Å²) in [6.07, 6.45) is 0.643. The van der Waals surface area contributed by atoms with Gasteiger partial charge in [0.25, 0.3) is 0 Å². The number of nitrogens with zero attached hydrogens (tertiary/aromatic N) is 1. The number of carbonyl (C=O) groups is 2. The first-order chi connectivity index (χ1) is 10.8. The van der Waals surface area contributed by atoms with Gasteiger partial charge in [0.1, 0.15) is 0 Å². The van der Waals surface area contributed by atoms with Crippen LogP contribution < -0.4 is 11.1 Å². The first kappa shape index (κ1) is 16.8. The lowest BCUT2D eigenvalue weighted by Gasteiger charge is -2.25. The normalized spacial score (nSPS) is 11.6. The molecule has 0 unspecified atom stereocenters. The van der Waals surface area contributed by atoms with Crippen molar-refractivity contribution in [1.29, 1.82) is 0 Å². The fourth-order valence-electron chi connectivity index (χ4n) is 2.60. The molecule has 7 heteroatoms. The van der Waals surface area contributed by atoms with Gasteiger partial charge < -0.3 is 14.8 Å². The van der Waals surface area contributed by atoms with Crippen molar-refractivity contribution in [2.24, 2.45) is 12.5 Å². The average Bonchev–Trinajstić information content (AvgIpc) is 2.79. The molecule has 0 radical (unpaired) electrons. The number of hydrogen-bond donors (Lipinski definition) is 2. The lowest BCUT2D eigenvalue weighted by Crippen LogP contribution is -2.34. The largest absolute Gasteiger partial charge is 0.481 e. The van der Waals surface area contributed by atoms with E-state index < -0.39 is 17.1 Å². The highest BCUT2D eigenvalue weighted by Gasteiger charge is 2.37. The van der Waals surface area contributed by atoms with Crippen LogP contribution in [0.3, 0.4) is 0 Å². The summed E-state index contributed by atoms with van der Waals surface area (Å²) in [6, 6.07) is 4.87. The fourth-order valence-corrected chi connectivity index (χ4v) is 2.60. The van der Waals surface area contributed by atoms with Crippen LogP contribution in [0.15, 0.2) is 27.4 Å². The highest BCUT2D eigenvalue weighted by Crippen LogP contribution is 2.31. The highest BCUT2D eigenvalue weighted by atomic mass is 16.4. The minimum atomic E-state index is -1.06. The van der Waals surface area contributed by atoms with Gasteiger partial charge in [0.2, 0.25) is 5.91 Å². The van der Waals surface area contributed by atoms with E-state index in [0.29, 0.717) is 29.6 Å². The van der Waals surface area contributed by atoms with Crippen LogP contribution in [0.5, 0.6) is 0 Å². The molecule has 0 aliphatic heterocycles. The molecule has 7 nitrogen and oxygen atoms in total. The minimum Gasteiger partial charge on any atom is -0.481 e. The third kappa shape index (κ3) is 3.13. The van der Waals surface area contributed by atoms with Crippen molar-refractivity contribution in [2.45, 2.75) is 33.1 Å². The molecule has 0 saturated heterocycles. The Hall–Kier alpha value is -2.57. The first-order valence-corrected chi connectivity index (χ1v) is 7.46. The van der Waals surface area contributed by atoms with Crippen molar-refractivity contribution in [3.63, 3.8) is 0 Å². The molecule has 2 N–H and O–H groups in total. The van der Waals surface area contributed by atoms with Crippen molar-refractivity contribution in [2.75, 3.05) is 5.32 Å². The fraction of sp³-hybridized carbons (Fsp3) is 0.438. The first-order valence-electron chi connectivity index (χ1n) is 7.46. The van der Waals surface area contributed by atoms with Crippen LogP contribution in [0, 0.1) is 5.41 Å². The van der Waals surface area contributed by atoms with Gasteiger partial charge >= 0.3 is 11.7 Å². The number of nitrogens with one attached hydrogen (secondary N) is 1. The zero-order valence-electron chi connectivity index (χ0n) is 13.4. The SMILES string of the molecule is CCC(CC)(CC(=O)Nc1ccc2c(c1)oc(=O)n2C)C(=O)O. The molecule has 0 saturated carbocycles. The molecule has 1 heterocycles. The second kappa shape index (κ2) is 6.28. The Balaban J connectivity index is 2.20.